The summed E-state index contributed by atoms with van der Waals surface area (Å²) in [6, 6.07) is 14.6. The van der Waals surface area contributed by atoms with E-state index >= 15 is 0 Å². The predicted octanol–water partition coefficient (Wildman–Crippen LogP) is 4.91. The van der Waals surface area contributed by atoms with Gasteiger partial charge in [-0.2, -0.15) is 0 Å². The molecule has 2 fully saturated rings. The SMILES string of the molecule is CCOc1ccc(N2C(=O)C3ON(c4cccc([N+](=O)[O-])c4)C(c4cc(Br)c(O)c(OCC)c4)C3C2=O)cc1. The lowest BCUT2D eigenvalue weighted by Crippen LogP contribution is -2.37. The summed E-state index contributed by atoms with van der Waals surface area (Å²) < 4.78 is 11.4. The number of amides is 2. The fraction of sp³-hybridized carbons (Fsp3) is 0.259. The standard InChI is InChI=1S/C27H24BrN3O8/c1-3-37-19-10-8-16(9-11-19)29-26(33)22-23(15-12-20(28)24(32)21(13-15)38-4-2)30(39-25(22)27(29)34)17-6-5-7-18(14-17)31(35)36/h5-14,22-23,25,32H,3-4H2,1-2H3. The number of carbonyl (C=O) groups is 2. The molecule has 12 heteroatoms. The van der Waals surface area contributed by atoms with Crippen LogP contribution in [0, 0.1) is 16.0 Å². The number of rotatable bonds is 8. The van der Waals surface area contributed by atoms with Gasteiger partial charge >= 0.3 is 0 Å². The van der Waals surface area contributed by atoms with E-state index in [0.717, 1.165) is 4.90 Å². The lowest BCUT2D eigenvalue weighted by atomic mass is 9.90. The highest BCUT2D eigenvalue weighted by Crippen LogP contribution is 2.50. The molecule has 0 spiro atoms. The molecule has 0 bridgehead atoms. The largest absolute Gasteiger partial charge is 0.503 e. The van der Waals surface area contributed by atoms with Crippen molar-refractivity contribution >= 4 is 44.8 Å². The molecule has 0 aromatic heterocycles. The van der Waals surface area contributed by atoms with E-state index in [9.17, 15) is 24.8 Å². The quantitative estimate of drug-likeness (QED) is 0.218. The van der Waals surface area contributed by atoms with Crippen LogP contribution in [0.5, 0.6) is 17.2 Å². The topological polar surface area (TPSA) is 132 Å². The Balaban J connectivity index is 1.60. The molecule has 202 valence electrons. The van der Waals surface area contributed by atoms with Crippen LogP contribution in [0.3, 0.4) is 0 Å². The van der Waals surface area contributed by atoms with Gasteiger partial charge in [0.25, 0.3) is 11.6 Å². The summed E-state index contributed by atoms with van der Waals surface area (Å²) in [5.74, 6) is -1.39. The van der Waals surface area contributed by atoms with Crippen LogP contribution in [0.1, 0.15) is 25.5 Å². The van der Waals surface area contributed by atoms with Gasteiger partial charge < -0.3 is 14.6 Å². The van der Waals surface area contributed by atoms with Gasteiger partial charge in [0.2, 0.25) is 5.91 Å². The maximum absolute atomic E-state index is 13.9. The Morgan fingerprint density at radius 1 is 1.00 bits per heavy atom. The van der Waals surface area contributed by atoms with Crippen LogP contribution < -0.4 is 19.4 Å². The molecule has 2 amide bonds. The van der Waals surface area contributed by atoms with Gasteiger partial charge in [0, 0.05) is 12.1 Å². The monoisotopic (exact) mass is 597 g/mol. The first-order valence-electron chi connectivity index (χ1n) is 12.2. The zero-order chi connectivity index (χ0) is 27.8. The summed E-state index contributed by atoms with van der Waals surface area (Å²) in [5, 5.41) is 23.3. The van der Waals surface area contributed by atoms with Gasteiger partial charge in [0.15, 0.2) is 17.6 Å². The zero-order valence-electron chi connectivity index (χ0n) is 20.9. The third-order valence-electron chi connectivity index (χ3n) is 6.51. The number of phenols is 1. The van der Waals surface area contributed by atoms with E-state index in [0.29, 0.717) is 33.8 Å². The average molecular weight is 598 g/mol. The van der Waals surface area contributed by atoms with Crippen molar-refractivity contribution in [2.24, 2.45) is 5.92 Å². The Hall–Kier alpha value is -4.16. The first-order valence-corrected chi connectivity index (χ1v) is 13.0. The van der Waals surface area contributed by atoms with Gasteiger partial charge in [0.1, 0.15) is 11.7 Å². The van der Waals surface area contributed by atoms with Gasteiger partial charge in [-0.25, -0.2) is 9.96 Å². The number of anilines is 2. The number of ether oxygens (including phenoxy) is 2. The summed E-state index contributed by atoms with van der Waals surface area (Å²) in [4.78, 5) is 45.5. The average Bonchev–Trinajstić information content (AvgIpc) is 3.43. The molecule has 3 unspecified atom stereocenters. The van der Waals surface area contributed by atoms with Crippen molar-refractivity contribution in [3.63, 3.8) is 0 Å². The molecule has 3 atom stereocenters. The van der Waals surface area contributed by atoms with Crippen molar-refractivity contribution in [3.05, 3.63) is 80.8 Å². The first kappa shape index (κ1) is 26.4. The number of phenolic OH excluding ortho intramolecular Hbond substituents is 1. The number of hydroxylamine groups is 1. The molecule has 2 heterocycles. The second-order valence-corrected chi connectivity index (χ2v) is 9.68. The van der Waals surface area contributed by atoms with Crippen molar-refractivity contribution in [2.45, 2.75) is 26.0 Å². The van der Waals surface area contributed by atoms with Gasteiger partial charge in [-0.05, 0) is 77.8 Å². The fourth-order valence-electron chi connectivity index (χ4n) is 4.86. The van der Waals surface area contributed by atoms with Crippen LogP contribution in [0.2, 0.25) is 0 Å². The van der Waals surface area contributed by atoms with Crippen molar-refractivity contribution in [2.75, 3.05) is 23.2 Å². The number of non-ortho nitro benzene ring substituents is 1. The van der Waals surface area contributed by atoms with Crippen LogP contribution in [0.25, 0.3) is 0 Å². The normalized spacial score (nSPS) is 20.3. The predicted molar refractivity (Wildman–Crippen MR) is 144 cm³/mol. The lowest BCUT2D eigenvalue weighted by molar-refractivity contribution is -0.384. The number of nitro groups is 1. The van der Waals surface area contributed by atoms with E-state index in [1.54, 1.807) is 49.4 Å². The molecule has 11 nitrogen and oxygen atoms in total. The Morgan fingerprint density at radius 3 is 2.38 bits per heavy atom. The second kappa shape index (κ2) is 10.5. The van der Waals surface area contributed by atoms with E-state index in [4.69, 9.17) is 14.3 Å². The minimum Gasteiger partial charge on any atom is -0.503 e. The highest BCUT2D eigenvalue weighted by atomic mass is 79.9. The summed E-state index contributed by atoms with van der Waals surface area (Å²) in [5.41, 5.74) is 0.979. The summed E-state index contributed by atoms with van der Waals surface area (Å²) >= 11 is 3.34. The van der Waals surface area contributed by atoms with Gasteiger partial charge in [0.05, 0.1) is 40.0 Å². The number of nitro benzene ring substituents is 1. The molecular formula is C27H24BrN3O8. The number of fused-ring (bicyclic) bond motifs is 1. The molecule has 1 N–H and O–H groups in total. The summed E-state index contributed by atoms with van der Waals surface area (Å²) in [7, 11) is 0. The number of imide groups is 1. The van der Waals surface area contributed by atoms with Crippen molar-refractivity contribution in [3.8, 4) is 17.2 Å². The Morgan fingerprint density at radius 2 is 1.72 bits per heavy atom. The van der Waals surface area contributed by atoms with Gasteiger partial charge in [-0.15, -0.1) is 0 Å². The molecule has 2 saturated heterocycles. The molecule has 2 aliphatic heterocycles. The molecule has 2 aliphatic rings. The van der Waals surface area contributed by atoms with E-state index < -0.39 is 34.8 Å². The summed E-state index contributed by atoms with van der Waals surface area (Å²) in [6.45, 7) is 4.36. The molecule has 3 aromatic carbocycles. The van der Waals surface area contributed by atoms with Gasteiger partial charge in [-0.3, -0.25) is 24.5 Å². The molecule has 0 aliphatic carbocycles. The number of halogens is 1. The minimum atomic E-state index is -1.18. The third-order valence-corrected chi connectivity index (χ3v) is 7.11. The third kappa shape index (κ3) is 4.66. The number of hydrogen-bond donors (Lipinski definition) is 1. The Kier molecular flexibility index (Phi) is 7.15. The molecule has 5 rings (SSSR count). The van der Waals surface area contributed by atoms with Crippen molar-refractivity contribution in [1.82, 2.24) is 0 Å². The Labute approximate surface area is 231 Å². The number of nitrogens with zero attached hydrogens (tertiary/aromatic N) is 3. The van der Waals surface area contributed by atoms with Crippen LogP contribution in [0.15, 0.2) is 65.1 Å². The van der Waals surface area contributed by atoms with Crippen molar-refractivity contribution < 1.29 is 33.9 Å². The van der Waals surface area contributed by atoms with Crippen LogP contribution >= 0.6 is 15.9 Å². The van der Waals surface area contributed by atoms with Crippen LogP contribution in [0.4, 0.5) is 17.1 Å². The molecular weight excluding hydrogens is 574 g/mol. The first-order chi connectivity index (χ1) is 18.7. The molecule has 0 saturated carbocycles. The maximum Gasteiger partial charge on any atom is 0.271 e. The number of hydrogen-bond acceptors (Lipinski definition) is 9. The highest BCUT2D eigenvalue weighted by molar-refractivity contribution is 9.10. The number of carbonyl (C=O) groups excluding carboxylic acids is 2. The molecule has 3 aromatic rings. The van der Waals surface area contributed by atoms with E-state index in [2.05, 4.69) is 15.9 Å². The highest BCUT2D eigenvalue weighted by Gasteiger charge is 2.60. The maximum atomic E-state index is 13.9. The molecule has 39 heavy (non-hydrogen) atoms. The second-order valence-electron chi connectivity index (χ2n) is 8.82. The zero-order valence-corrected chi connectivity index (χ0v) is 22.5. The Bertz CT molecular complexity index is 1450. The summed E-state index contributed by atoms with van der Waals surface area (Å²) in [6.07, 6.45) is -1.18. The van der Waals surface area contributed by atoms with Crippen molar-refractivity contribution in [1.29, 1.82) is 0 Å². The lowest BCUT2D eigenvalue weighted by Gasteiger charge is -2.29. The molecule has 0 radical (unpaired) electrons. The minimum absolute atomic E-state index is 0.122. The smallest absolute Gasteiger partial charge is 0.271 e. The number of aromatic hydroxyl groups is 1. The fourth-order valence-corrected chi connectivity index (χ4v) is 5.32. The van der Waals surface area contributed by atoms with E-state index in [1.807, 2.05) is 6.92 Å². The number of benzene rings is 3. The van der Waals surface area contributed by atoms with Crippen LogP contribution in [-0.4, -0.2) is 41.2 Å². The van der Waals surface area contributed by atoms with E-state index in [-0.39, 0.29) is 23.8 Å². The van der Waals surface area contributed by atoms with E-state index in [1.165, 1.54) is 23.3 Å². The van der Waals surface area contributed by atoms with Crippen LogP contribution in [-0.2, 0) is 14.4 Å². The van der Waals surface area contributed by atoms with Gasteiger partial charge in [-0.1, -0.05) is 6.07 Å².